The molecule has 0 spiro atoms. The number of benzene rings is 1. The van der Waals surface area contributed by atoms with Gasteiger partial charge in [-0.05, 0) is 25.0 Å². The van der Waals surface area contributed by atoms with Gasteiger partial charge in [-0.15, -0.1) is 0 Å². The molecule has 1 aromatic carbocycles. The molecule has 4 heteroatoms. The number of aromatic nitrogens is 2. The Bertz CT molecular complexity index is 566. The molecule has 1 fully saturated rings. The van der Waals surface area contributed by atoms with Crippen molar-refractivity contribution in [3.8, 4) is 11.3 Å². The maximum atomic E-state index is 6.16. The average molecular weight is 334 g/mol. The van der Waals surface area contributed by atoms with Gasteiger partial charge in [0.05, 0.1) is 11.7 Å². The average Bonchev–Trinajstić information content (AvgIpc) is 2.66. The van der Waals surface area contributed by atoms with Crippen molar-refractivity contribution >= 4 is 21.6 Å². The number of rotatable bonds is 2. The Morgan fingerprint density at radius 3 is 2.35 bits per heavy atom. The zero-order valence-corrected chi connectivity index (χ0v) is 13.1. The van der Waals surface area contributed by atoms with Crippen LogP contribution in [0.5, 0.6) is 0 Å². The zero-order chi connectivity index (χ0) is 13.9. The molecule has 2 N–H and O–H groups in total. The number of anilines is 1. The van der Waals surface area contributed by atoms with Gasteiger partial charge in [-0.2, -0.15) is 5.10 Å². The molecular formula is C16H20BrN3. The van der Waals surface area contributed by atoms with Crippen LogP contribution in [0.3, 0.4) is 0 Å². The van der Waals surface area contributed by atoms with E-state index in [-0.39, 0.29) is 0 Å². The van der Waals surface area contributed by atoms with Gasteiger partial charge in [0.25, 0.3) is 0 Å². The van der Waals surface area contributed by atoms with Gasteiger partial charge in [0.2, 0.25) is 0 Å². The summed E-state index contributed by atoms with van der Waals surface area (Å²) in [7, 11) is 0. The molecule has 0 aliphatic heterocycles. The highest BCUT2D eigenvalue weighted by Crippen LogP contribution is 2.31. The van der Waals surface area contributed by atoms with Crippen molar-refractivity contribution in [1.82, 2.24) is 9.78 Å². The molecule has 0 bridgehead atoms. The van der Waals surface area contributed by atoms with Gasteiger partial charge in [-0.25, -0.2) is 0 Å². The van der Waals surface area contributed by atoms with Crippen molar-refractivity contribution in [1.29, 1.82) is 0 Å². The Hall–Kier alpha value is -1.29. The van der Waals surface area contributed by atoms with Crippen molar-refractivity contribution in [3.05, 3.63) is 34.9 Å². The van der Waals surface area contributed by atoms with Crippen LogP contribution in [0.15, 0.2) is 34.9 Å². The number of hydrogen-bond donors (Lipinski definition) is 1. The van der Waals surface area contributed by atoms with E-state index in [1.165, 1.54) is 38.5 Å². The molecular weight excluding hydrogens is 314 g/mol. The molecule has 3 nitrogen and oxygen atoms in total. The summed E-state index contributed by atoms with van der Waals surface area (Å²) in [5.74, 6) is 0. The van der Waals surface area contributed by atoms with Crippen molar-refractivity contribution in [2.45, 2.75) is 44.6 Å². The third-order valence-corrected chi connectivity index (χ3v) is 4.61. The third kappa shape index (κ3) is 2.90. The summed E-state index contributed by atoms with van der Waals surface area (Å²) in [4.78, 5) is 0. The van der Waals surface area contributed by atoms with Gasteiger partial charge in [-0.3, -0.25) is 4.68 Å². The van der Waals surface area contributed by atoms with E-state index in [0.29, 0.717) is 6.04 Å². The smallest absolute Gasteiger partial charge is 0.115 e. The van der Waals surface area contributed by atoms with E-state index in [0.717, 1.165) is 21.4 Å². The summed E-state index contributed by atoms with van der Waals surface area (Å²) >= 11 is 3.46. The number of hydrogen-bond acceptors (Lipinski definition) is 2. The fraction of sp³-hybridized carbons (Fsp3) is 0.438. The first-order valence-electron chi connectivity index (χ1n) is 7.34. The van der Waals surface area contributed by atoms with Crippen molar-refractivity contribution in [2.24, 2.45) is 0 Å². The van der Waals surface area contributed by atoms with Crippen molar-refractivity contribution < 1.29 is 0 Å². The SMILES string of the molecule is Nc1cn(C2CCCCCC2)nc1-c1ccc(Br)cc1. The molecule has 106 valence electrons. The van der Waals surface area contributed by atoms with E-state index in [1.807, 2.05) is 18.3 Å². The molecule has 0 unspecified atom stereocenters. The van der Waals surface area contributed by atoms with Gasteiger partial charge in [0.1, 0.15) is 5.69 Å². The lowest BCUT2D eigenvalue weighted by atomic mass is 10.1. The first kappa shape index (κ1) is 13.7. The lowest BCUT2D eigenvalue weighted by Crippen LogP contribution is -2.08. The second kappa shape index (κ2) is 6.00. The van der Waals surface area contributed by atoms with Crippen LogP contribution >= 0.6 is 15.9 Å². The summed E-state index contributed by atoms with van der Waals surface area (Å²) < 4.78 is 3.17. The summed E-state index contributed by atoms with van der Waals surface area (Å²) in [6.45, 7) is 0. The Morgan fingerprint density at radius 2 is 1.70 bits per heavy atom. The summed E-state index contributed by atoms with van der Waals surface area (Å²) in [5.41, 5.74) is 8.92. The molecule has 1 aromatic heterocycles. The predicted molar refractivity (Wildman–Crippen MR) is 86.5 cm³/mol. The molecule has 20 heavy (non-hydrogen) atoms. The highest BCUT2D eigenvalue weighted by Gasteiger charge is 2.17. The molecule has 1 aliphatic rings. The lowest BCUT2D eigenvalue weighted by Gasteiger charge is -2.14. The van der Waals surface area contributed by atoms with Crippen LogP contribution < -0.4 is 5.73 Å². The van der Waals surface area contributed by atoms with Crippen LogP contribution in [-0.4, -0.2) is 9.78 Å². The number of halogens is 1. The van der Waals surface area contributed by atoms with Gasteiger partial charge in [0, 0.05) is 16.2 Å². The summed E-state index contributed by atoms with van der Waals surface area (Å²) in [5, 5.41) is 4.75. The maximum Gasteiger partial charge on any atom is 0.115 e. The molecule has 0 amide bonds. The second-order valence-electron chi connectivity index (χ2n) is 5.57. The van der Waals surface area contributed by atoms with Gasteiger partial charge >= 0.3 is 0 Å². The van der Waals surface area contributed by atoms with Crippen LogP contribution in [0.4, 0.5) is 5.69 Å². The van der Waals surface area contributed by atoms with E-state index in [4.69, 9.17) is 10.8 Å². The monoisotopic (exact) mass is 333 g/mol. The summed E-state index contributed by atoms with van der Waals surface area (Å²) in [6.07, 6.45) is 9.77. The number of nitrogen functional groups attached to an aromatic ring is 1. The van der Waals surface area contributed by atoms with Crippen LogP contribution in [0, 0.1) is 0 Å². The van der Waals surface area contributed by atoms with Crippen molar-refractivity contribution in [3.63, 3.8) is 0 Å². The Labute approximate surface area is 128 Å². The van der Waals surface area contributed by atoms with Gasteiger partial charge in [-0.1, -0.05) is 53.7 Å². The number of nitrogens with two attached hydrogens (primary N) is 1. The highest BCUT2D eigenvalue weighted by atomic mass is 79.9. The van der Waals surface area contributed by atoms with Crippen LogP contribution in [0.1, 0.15) is 44.6 Å². The molecule has 0 radical (unpaired) electrons. The van der Waals surface area contributed by atoms with Crippen molar-refractivity contribution in [2.75, 3.05) is 5.73 Å². The topological polar surface area (TPSA) is 43.8 Å². The first-order chi connectivity index (χ1) is 9.74. The van der Waals surface area contributed by atoms with Crippen LogP contribution in [0.2, 0.25) is 0 Å². The minimum atomic E-state index is 0.518. The highest BCUT2D eigenvalue weighted by molar-refractivity contribution is 9.10. The van der Waals surface area contributed by atoms with E-state index in [9.17, 15) is 0 Å². The second-order valence-corrected chi connectivity index (χ2v) is 6.48. The molecule has 3 rings (SSSR count). The normalized spacial score (nSPS) is 17.1. The Morgan fingerprint density at radius 1 is 1.05 bits per heavy atom. The van der Waals surface area contributed by atoms with E-state index < -0.39 is 0 Å². The lowest BCUT2D eigenvalue weighted by molar-refractivity contribution is 0.406. The van der Waals surface area contributed by atoms with E-state index >= 15 is 0 Å². The van der Waals surface area contributed by atoms with E-state index in [2.05, 4.69) is 32.7 Å². The van der Waals surface area contributed by atoms with E-state index in [1.54, 1.807) is 0 Å². The maximum absolute atomic E-state index is 6.16. The quantitative estimate of drug-likeness (QED) is 0.803. The minimum absolute atomic E-state index is 0.518. The zero-order valence-electron chi connectivity index (χ0n) is 11.6. The van der Waals surface area contributed by atoms with Crippen LogP contribution in [-0.2, 0) is 0 Å². The summed E-state index contributed by atoms with van der Waals surface area (Å²) in [6, 6.07) is 8.68. The molecule has 1 saturated carbocycles. The third-order valence-electron chi connectivity index (χ3n) is 4.08. The Kier molecular flexibility index (Phi) is 4.10. The molecule has 1 aliphatic carbocycles. The predicted octanol–water partition coefficient (Wildman–Crippen LogP) is 4.79. The first-order valence-corrected chi connectivity index (χ1v) is 8.14. The fourth-order valence-electron chi connectivity index (χ4n) is 2.95. The van der Waals surface area contributed by atoms with Crippen LogP contribution in [0.25, 0.3) is 11.3 Å². The molecule has 2 aromatic rings. The van der Waals surface area contributed by atoms with Gasteiger partial charge < -0.3 is 5.73 Å². The molecule has 1 heterocycles. The standard InChI is InChI=1S/C16H20BrN3/c17-13-9-7-12(8-10-13)16-15(18)11-20(19-16)14-5-3-1-2-4-6-14/h7-11,14H,1-6,18H2. The molecule has 0 atom stereocenters. The fourth-order valence-corrected chi connectivity index (χ4v) is 3.21. The minimum Gasteiger partial charge on any atom is -0.396 e. The Balaban J connectivity index is 1.88. The molecule has 0 saturated heterocycles. The van der Waals surface area contributed by atoms with Gasteiger partial charge in [0.15, 0.2) is 0 Å². The number of nitrogens with zero attached hydrogens (tertiary/aromatic N) is 2. The largest absolute Gasteiger partial charge is 0.396 e.